The molecule has 0 saturated heterocycles. The second-order valence-electron chi connectivity index (χ2n) is 8.26. The Morgan fingerprint density at radius 3 is 2.48 bits per heavy atom. The molecule has 0 saturated carbocycles. The molecule has 1 aliphatic rings. The van der Waals surface area contributed by atoms with Gasteiger partial charge in [-0.1, -0.05) is 52.0 Å². The lowest BCUT2D eigenvalue weighted by atomic mass is 9.95. The standard InChI is InChI=1S/C22H32N4O/c1-14(2)19-11-21(25-22(23-19)24-20(13-27)15(3)4)26-12-18-9-7-6-8-17(18)10-16(26)5/h6-9,11,14-16,20,27H,10,12-13H2,1-5H3,(H,23,24,25)/t16-,20-/m1/s1. The zero-order chi connectivity index (χ0) is 19.6. The molecule has 2 heterocycles. The molecule has 0 aliphatic carbocycles. The summed E-state index contributed by atoms with van der Waals surface area (Å²) < 4.78 is 0. The molecule has 0 unspecified atom stereocenters. The van der Waals surface area contributed by atoms with Crippen molar-refractivity contribution in [3.63, 3.8) is 0 Å². The van der Waals surface area contributed by atoms with Crippen molar-refractivity contribution < 1.29 is 5.11 Å². The van der Waals surface area contributed by atoms with E-state index in [1.54, 1.807) is 0 Å². The molecule has 0 bridgehead atoms. The molecule has 5 nitrogen and oxygen atoms in total. The fourth-order valence-electron chi connectivity index (χ4n) is 3.53. The van der Waals surface area contributed by atoms with Crippen LogP contribution in [0.25, 0.3) is 0 Å². The maximum absolute atomic E-state index is 9.68. The van der Waals surface area contributed by atoms with Crippen molar-refractivity contribution in [3.8, 4) is 0 Å². The van der Waals surface area contributed by atoms with E-state index in [1.807, 2.05) is 0 Å². The summed E-state index contributed by atoms with van der Waals surface area (Å²) in [6.07, 6.45) is 1.02. The summed E-state index contributed by atoms with van der Waals surface area (Å²) in [5.74, 6) is 2.17. The monoisotopic (exact) mass is 368 g/mol. The quantitative estimate of drug-likeness (QED) is 0.807. The van der Waals surface area contributed by atoms with E-state index in [2.05, 4.69) is 75.2 Å². The van der Waals surface area contributed by atoms with Gasteiger partial charge >= 0.3 is 0 Å². The molecular weight excluding hydrogens is 336 g/mol. The number of rotatable bonds is 6. The van der Waals surface area contributed by atoms with E-state index in [1.165, 1.54) is 11.1 Å². The smallest absolute Gasteiger partial charge is 0.225 e. The van der Waals surface area contributed by atoms with Crippen molar-refractivity contribution in [2.75, 3.05) is 16.8 Å². The van der Waals surface area contributed by atoms with Gasteiger partial charge in [-0.25, -0.2) is 4.98 Å². The van der Waals surface area contributed by atoms with E-state index < -0.39 is 0 Å². The zero-order valence-electron chi connectivity index (χ0n) is 17.1. The highest BCUT2D eigenvalue weighted by Crippen LogP contribution is 2.29. The third-order valence-corrected chi connectivity index (χ3v) is 5.44. The number of nitrogens with one attached hydrogen (secondary N) is 1. The van der Waals surface area contributed by atoms with Gasteiger partial charge in [-0.15, -0.1) is 0 Å². The molecule has 0 radical (unpaired) electrons. The topological polar surface area (TPSA) is 61.3 Å². The number of hydrogen-bond acceptors (Lipinski definition) is 5. The number of nitrogens with zero attached hydrogens (tertiary/aromatic N) is 3. The minimum atomic E-state index is -0.0558. The van der Waals surface area contributed by atoms with Crippen LogP contribution in [-0.4, -0.2) is 33.8 Å². The Morgan fingerprint density at radius 2 is 1.85 bits per heavy atom. The van der Waals surface area contributed by atoms with Crippen molar-refractivity contribution in [1.29, 1.82) is 0 Å². The summed E-state index contributed by atoms with van der Waals surface area (Å²) in [5.41, 5.74) is 3.82. The molecule has 0 spiro atoms. The second-order valence-corrected chi connectivity index (χ2v) is 8.26. The van der Waals surface area contributed by atoms with Gasteiger partial charge in [0.1, 0.15) is 5.82 Å². The van der Waals surface area contributed by atoms with Crippen LogP contribution in [0.3, 0.4) is 0 Å². The lowest BCUT2D eigenvalue weighted by Gasteiger charge is -2.36. The highest BCUT2D eigenvalue weighted by Gasteiger charge is 2.25. The summed E-state index contributed by atoms with van der Waals surface area (Å²) in [6.45, 7) is 11.7. The molecule has 0 amide bonds. The molecule has 2 N–H and O–H groups in total. The number of benzene rings is 1. The summed E-state index contributed by atoms with van der Waals surface area (Å²) >= 11 is 0. The first-order valence-electron chi connectivity index (χ1n) is 9.98. The van der Waals surface area contributed by atoms with E-state index in [9.17, 15) is 5.11 Å². The predicted molar refractivity (Wildman–Crippen MR) is 111 cm³/mol. The van der Waals surface area contributed by atoms with E-state index >= 15 is 0 Å². The van der Waals surface area contributed by atoms with Crippen LogP contribution in [0.1, 0.15) is 57.4 Å². The van der Waals surface area contributed by atoms with Crippen molar-refractivity contribution >= 4 is 11.8 Å². The van der Waals surface area contributed by atoms with E-state index in [-0.39, 0.29) is 12.6 Å². The summed E-state index contributed by atoms with van der Waals surface area (Å²) in [7, 11) is 0. The van der Waals surface area contributed by atoms with Crippen LogP contribution >= 0.6 is 0 Å². The van der Waals surface area contributed by atoms with Crippen LogP contribution in [0.15, 0.2) is 30.3 Å². The largest absolute Gasteiger partial charge is 0.394 e. The van der Waals surface area contributed by atoms with Crippen LogP contribution in [0.5, 0.6) is 0 Å². The van der Waals surface area contributed by atoms with Crippen LogP contribution in [0, 0.1) is 5.92 Å². The Morgan fingerprint density at radius 1 is 1.15 bits per heavy atom. The molecule has 2 aromatic rings. The van der Waals surface area contributed by atoms with Gasteiger partial charge < -0.3 is 15.3 Å². The molecule has 146 valence electrons. The van der Waals surface area contributed by atoms with E-state index in [4.69, 9.17) is 9.97 Å². The van der Waals surface area contributed by atoms with Crippen molar-refractivity contribution in [2.45, 2.75) is 65.6 Å². The average Bonchev–Trinajstić information content (AvgIpc) is 2.65. The summed E-state index contributed by atoms with van der Waals surface area (Å²) in [6, 6.07) is 11.1. The van der Waals surface area contributed by atoms with Crippen molar-refractivity contribution in [2.24, 2.45) is 5.92 Å². The molecule has 0 fully saturated rings. The Balaban J connectivity index is 1.95. The number of hydrogen-bond donors (Lipinski definition) is 2. The number of anilines is 2. The SMILES string of the molecule is CC(C)c1cc(N2Cc3ccccc3C[C@H]2C)nc(N[C@H](CO)C(C)C)n1. The molecule has 1 aromatic heterocycles. The van der Waals surface area contributed by atoms with Crippen LogP contribution in [0.4, 0.5) is 11.8 Å². The number of aliphatic hydroxyl groups excluding tert-OH is 1. The van der Waals surface area contributed by atoms with Crippen LogP contribution in [0.2, 0.25) is 0 Å². The highest BCUT2D eigenvalue weighted by molar-refractivity contribution is 5.50. The third kappa shape index (κ3) is 4.41. The third-order valence-electron chi connectivity index (χ3n) is 5.44. The normalized spacial score (nSPS) is 17.9. The van der Waals surface area contributed by atoms with Crippen molar-refractivity contribution in [1.82, 2.24) is 9.97 Å². The Kier molecular flexibility index (Phi) is 6.00. The molecule has 1 aromatic carbocycles. The first-order chi connectivity index (χ1) is 12.9. The maximum atomic E-state index is 9.68. The van der Waals surface area contributed by atoms with Gasteiger partial charge in [-0.05, 0) is 36.3 Å². The number of aromatic nitrogens is 2. The lowest BCUT2D eigenvalue weighted by Crippen LogP contribution is -2.39. The van der Waals surface area contributed by atoms with Gasteiger partial charge in [0.15, 0.2) is 0 Å². The van der Waals surface area contributed by atoms with Gasteiger partial charge in [0.05, 0.1) is 18.3 Å². The number of fused-ring (bicyclic) bond motifs is 1. The van der Waals surface area contributed by atoms with Crippen molar-refractivity contribution in [3.05, 3.63) is 47.2 Å². The first kappa shape index (κ1) is 19.6. The highest BCUT2D eigenvalue weighted by atomic mass is 16.3. The molecule has 2 atom stereocenters. The minimum absolute atomic E-state index is 0.0558. The van der Waals surface area contributed by atoms with Crippen LogP contribution < -0.4 is 10.2 Å². The fourth-order valence-corrected chi connectivity index (χ4v) is 3.53. The predicted octanol–water partition coefficient (Wildman–Crippen LogP) is 3.98. The zero-order valence-corrected chi connectivity index (χ0v) is 17.1. The fraction of sp³-hybridized carbons (Fsp3) is 0.545. The van der Waals surface area contributed by atoms with Gasteiger partial charge in [-0.3, -0.25) is 0 Å². The molecule has 1 aliphatic heterocycles. The maximum Gasteiger partial charge on any atom is 0.225 e. The molecule has 5 heteroatoms. The molecule has 27 heavy (non-hydrogen) atoms. The summed E-state index contributed by atoms with van der Waals surface area (Å²) in [4.78, 5) is 11.9. The van der Waals surface area contributed by atoms with E-state index in [0.29, 0.717) is 23.8 Å². The Bertz CT molecular complexity index is 775. The number of aliphatic hydroxyl groups is 1. The lowest BCUT2D eigenvalue weighted by molar-refractivity contribution is 0.248. The van der Waals surface area contributed by atoms with Gasteiger partial charge in [0, 0.05) is 18.7 Å². The Hall–Kier alpha value is -2.14. The first-order valence-corrected chi connectivity index (χ1v) is 9.98. The second kappa shape index (κ2) is 8.26. The van der Waals surface area contributed by atoms with Gasteiger partial charge in [0.25, 0.3) is 0 Å². The van der Waals surface area contributed by atoms with Gasteiger partial charge in [-0.2, -0.15) is 4.98 Å². The minimum Gasteiger partial charge on any atom is -0.394 e. The molecular formula is C22H32N4O. The summed E-state index contributed by atoms with van der Waals surface area (Å²) in [5, 5.41) is 13.0. The van der Waals surface area contributed by atoms with Gasteiger partial charge in [0.2, 0.25) is 5.95 Å². The molecule has 3 rings (SSSR count). The van der Waals surface area contributed by atoms with E-state index in [0.717, 1.165) is 24.5 Å². The average molecular weight is 369 g/mol. The van der Waals surface area contributed by atoms with Crippen LogP contribution in [-0.2, 0) is 13.0 Å². The Labute approximate surface area is 162 Å².